The van der Waals surface area contributed by atoms with Crippen molar-refractivity contribution in [1.29, 1.82) is 0 Å². The fourth-order valence-corrected chi connectivity index (χ4v) is 6.12. The summed E-state index contributed by atoms with van der Waals surface area (Å²) in [7, 11) is -2.00. The SMILES string of the molecule is CC(C)N(C(C)C)C1CS1.CCOC=POO.CCP(C)(=O)OSCCN(C(C)C)C(C)C.O. The van der Waals surface area contributed by atoms with Crippen molar-refractivity contribution < 1.29 is 28.7 Å². The lowest BCUT2D eigenvalue weighted by molar-refractivity contribution is -0.119. The fraction of sp³-hybridized carbons (Fsp3) is 0.955. The van der Waals surface area contributed by atoms with Crippen LogP contribution in [0.1, 0.15) is 69.2 Å². The summed E-state index contributed by atoms with van der Waals surface area (Å²) in [6.45, 7) is 24.9. The van der Waals surface area contributed by atoms with Gasteiger partial charge in [-0.2, -0.15) is 4.67 Å². The molecule has 0 spiro atoms. The van der Waals surface area contributed by atoms with Gasteiger partial charge in [-0.25, -0.2) is 5.26 Å². The second-order valence-electron chi connectivity index (χ2n) is 8.82. The van der Waals surface area contributed by atoms with Crippen molar-refractivity contribution in [3.8, 4) is 0 Å². The topological polar surface area (TPSA) is 103 Å². The zero-order valence-electron chi connectivity index (χ0n) is 23.2. The van der Waals surface area contributed by atoms with Crippen molar-refractivity contribution in [3.63, 3.8) is 0 Å². The van der Waals surface area contributed by atoms with Crippen molar-refractivity contribution in [3.05, 3.63) is 0 Å². The monoisotopic (exact) mass is 566 g/mol. The highest BCUT2D eigenvalue weighted by Crippen LogP contribution is 2.45. The Labute approximate surface area is 220 Å². The van der Waals surface area contributed by atoms with Crippen molar-refractivity contribution in [2.45, 2.75) is 98.8 Å². The van der Waals surface area contributed by atoms with Gasteiger partial charge < -0.3 is 10.2 Å². The summed E-state index contributed by atoms with van der Waals surface area (Å²) in [4.78, 5) is 4.98. The van der Waals surface area contributed by atoms with E-state index >= 15 is 0 Å². The third-order valence-corrected chi connectivity index (χ3v) is 9.10. The third kappa shape index (κ3) is 22.1. The summed E-state index contributed by atoms with van der Waals surface area (Å²) in [6, 6.07) is 2.50. The van der Waals surface area contributed by atoms with E-state index < -0.39 is 7.37 Å². The van der Waals surface area contributed by atoms with Crippen LogP contribution in [-0.4, -0.2) is 93.5 Å². The Morgan fingerprint density at radius 2 is 1.59 bits per heavy atom. The third-order valence-electron chi connectivity index (χ3n) is 4.72. The molecule has 34 heavy (non-hydrogen) atoms. The first-order valence-electron chi connectivity index (χ1n) is 11.8. The van der Waals surface area contributed by atoms with Crippen LogP contribution in [0, 0.1) is 0 Å². The van der Waals surface area contributed by atoms with E-state index in [4.69, 9.17) is 9.23 Å². The first-order chi connectivity index (χ1) is 15.3. The first-order valence-corrected chi connectivity index (χ1v) is 16.9. The first kappa shape index (κ1) is 39.3. The van der Waals surface area contributed by atoms with Crippen LogP contribution in [0.2, 0.25) is 0 Å². The van der Waals surface area contributed by atoms with Crippen LogP contribution in [0.25, 0.3) is 0 Å². The van der Waals surface area contributed by atoms with Crippen LogP contribution in [0.4, 0.5) is 0 Å². The molecule has 0 saturated carbocycles. The van der Waals surface area contributed by atoms with E-state index in [1.807, 2.05) is 13.8 Å². The van der Waals surface area contributed by atoms with Crippen molar-refractivity contribution >= 4 is 45.6 Å². The standard InChI is InChI=1S/C11H26NO2PS.C8H17NS.C3H7O3P.H2O/c1-7-15(6,13)14-16-9-8-12(10(2)3)11(4)5;1-6(2)9(7(3)4)8-5-10-8;1-2-5-3-7-6-4;/h10-11H,7-9H2,1-6H3;6-8H,5H2,1-4H3;3-4H,2H2,1H3;1H2. The number of hydrogen-bond acceptors (Lipinski definition) is 9. The van der Waals surface area contributed by atoms with E-state index in [2.05, 4.69) is 86.4 Å². The molecule has 8 nitrogen and oxygen atoms in total. The normalized spacial score (nSPS) is 17.1. The lowest BCUT2D eigenvalue weighted by atomic mass is 10.2. The summed E-state index contributed by atoms with van der Waals surface area (Å²) in [5.41, 5.74) is 0. The molecule has 2 atom stereocenters. The summed E-state index contributed by atoms with van der Waals surface area (Å²) in [6.07, 6.45) is 0.609. The van der Waals surface area contributed by atoms with Gasteiger partial charge in [-0.1, -0.05) is 6.92 Å². The maximum absolute atomic E-state index is 11.6. The summed E-state index contributed by atoms with van der Waals surface area (Å²) < 4.78 is 25.3. The summed E-state index contributed by atoms with van der Waals surface area (Å²) in [5, 5.41) is 8.50. The Kier molecular flexibility index (Phi) is 26.6. The van der Waals surface area contributed by atoms with E-state index in [1.54, 1.807) is 6.66 Å². The van der Waals surface area contributed by atoms with Crippen molar-refractivity contribution in [2.24, 2.45) is 0 Å². The number of nitrogens with zero attached hydrogens (tertiary/aromatic N) is 2. The van der Waals surface area contributed by atoms with Crippen molar-refractivity contribution in [2.75, 3.05) is 37.5 Å². The summed E-state index contributed by atoms with van der Waals surface area (Å²) >= 11 is 3.40. The molecule has 0 radical (unpaired) electrons. The number of ether oxygens (including phenoxy) is 1. The van der Waals surface area contributed by atoms with Gasteiger partial charge in [0.05, 0.1) is 18.0 Å². The molecule has 0 aromatic heterocycles. The quantitative estimate of drug-likeness (QED) is 0.0659. The van der Waals surface area contributed by atoms with Gasteiger partial charge in [0.1, 0.15) is 8.43 Å². The van der Waals surface area contributed by atoms with E-state index in [1.165, 1.54) is 23.8 Å². The van der Waals surface area contributed by atoms with Crippen LogP contribution in [0.3, 0.4) is 0 Å². The fourth-order valence-electron chi connectivity index (χ4n) is 3.06. The zero-order valence-corrected chi connectivity index (χ0v) is 26.6. The lowest BCUT2D eigenvalue weighted by Crippen LogP contribution is -2.38. The summed E-state index contributed by atoms with van der Waals surface area (Å²) in [5.74, 6) is 3.57. The average molecular weight is 567 g/mol. The largest absolute Gasteiger partial charge is 0.412 e. The molecule has 1 fully saturated rings. The molecule has 12 heteroatoms. The molecule has 1 aliphatic rings. The molecule has 1 aliphatic heterocycles. The number of rotatable bonds is 14. The number of hydrogen-bond donors (Lipinski definition) is 1. The van der Waals surface area contributed by atoms with E-state index in [0.29, 0.717) is 45.4 Å². The maximum atomic E-state index is 11.6. The van der Waals surface area contributed by atoms with Crippen LogP contribution in [0.15, 0.2) is 0 Å². The molecule has 0 aliphatic carbocycles. The van der Waals surface area contributed by atoms with Gasteiger partial charge in [0, 0.05) is 67.1 Å². The molecule has 3 N–H and O–H groups in total. The highest BCUT2D eigenvalue weighted by Gasteiger charge is 2.33. The Bertz CT molecular complexity index is 521. The minimum absolute atomic E-state index is 0. The highest BCUT2D eigenvalue weighted by atomic mass is 32.2. The predicted molar refractivity (Wildman–Crippen MR) is 155 cm³/mol. The van der Waals surface area contributed by atoms with Gasteiger partial charge in [-0.15, -0.1) is 11.8 Å². The molecule has 1 rings (SSSR count). The van der Waals surface area contributed by atoms with Crippen LogP contribution in [-0.2, 0) is 17.9 Å². The molecule has 0 amide bonds. The minimum Gasteiger partial charge on any atom is -0.412 e. The van der Waals surface area contributed by atoms with Gasteiger partial charge in [-0.05, 0) is 62.3 Å². The Hall–Kier alpha value is 0.820. The molecule has 208 valence electrons. The highest BCUT2D eigenvalue weighted by molar-refractivity contribution is 8.06. The minimum atomic E-state index is -2.34. The molecule has 0 aromatic rings. The average Bonchev–Trinajstić information content (AvgIpc) is 3.53. The van der Waals surface area contributed by atoms with E-state index in [9.17, 15) is 4.57 Å². The molecule has 0 aromatic carbocycles. The Morgan fingerprint density at radius 1 is 1.09 bits per heavy atom. The lowest BCUT2D eigenvalue weighted by Gasteiger charge is -2.30. The molecular weight excluding hydrogens is 514 g/mol. The smallest absolute Gasteiger partial charge is 0.211 e. The Morgan fingerprint density at radius 3 is 1.88 bits per heavy atom. The molecular formula is C22H52N2O6P2S2. The van der Waals surface area contributed by atoms with Gasteiger partial charge in [0.15, 0.2) is 0 Å². The van der Waals surface area contributed by atoms with Gasteiger partial charge >= 0.3 is 0 Å². The van der Waals surface area contributed by atoms with Gasteiger partial charge in [0.2, 0.25) is 7.37 Å². The molecule has 0 bridgehead atoms. The maximum Gasteiger partial charge on any atom is 0.211 e. The van der Waals surface area contributed by atoms with E-state index in [0.717, 1.165) is 17.7 Å². The Balaban J connectivity index is -0.000000456. The van der Waals surface area contributed by atoms with Crippen LogP contribution in [0.5, 0.6) is 0 Å². The van der Waals surface area contributed by atoms with Crippen molar-refractivity contribution in [1.82, 2.24) is 9.80 Å². The molecule has 2 unspecified atom stereocenters. The molecule has 1 saturated heterocycles. The van der Waals surface area contributed by atoms with Gasteiger partial charge in [0.25, 0.3) is 0 Å². The number of thioether (sulfide) groups is 1. The zero-order chi connectivity index (χ0) is 26.0. The van der Waals surface area contributed by atoms with Crippen LogP contribution >= 0.6 is 39.6 Å². The van der Waals surface area contributed by atoms with Gasteiger partial charge in [-0.3, -0.25) is 18.3 Å². The van der Waals surface area contributed by atoms with E-state index in [-0.39, 0.29) is 5.48 Å². The second-order valence-corrected chi connectivity index (χ2v) is 14.5. The van der Waals surface area contributed by atoms with Crippen LogP contribution < -0.4 is 0 Å². The molecule has 1 heterocycles. The second kappa shape index (κ2) is 23.0. The predicted octanol–water partition coefficient (Wildman–Crippen LogP) is 6.18.